The van der Waals surface area contributed by atoms with E-state index in [1.54, 1.807) is 24.3 Å². The van der Waals surface area contributed by atoms with Gasteiger partial charge in [-0.2, -0.15) is 0 Å². The molecule has 1 N–H and O–H groups in total. The topological polar surface area (TPSA) is 59.3 Å². The molecule has 0 saturated carbocycles. The number of hydrogen-bond donors (Lipinski definition) is 1. The molecule has 0 aliphatic rings. The highest BCUT2D eigenvalue weighted by Crippen LogP contribution is 2.15. The summed E-state index contributed by atoms with van der Waals surface area (Å²) >= 11 is 11.7. The molecule has 7 heteroatoms. The van der Waals surface area contributed by atoms with Gasteiger partial charge in [0.05, 0.1) is 5.75 Å². The lowest BCUT2D eigenvalue weighted by Crippen LogP contribution is -2.25. The number of hydrogen-bond acceptors (Lipinski definition) is 3. The molecule has 1 amide bonds. The van der Waals surface area contributed by atoms with Crippen LogP contribution in [0.2, 0.25) is 10.0 Å². The first-order valence-corrected chi connectivity index (χ1v) is 10.9. The van der Waals surface area contributed by atoms with Crippen molar-refractivity contribution in [1.82, 2.24) is 5.32 Å². The number of furan rings is 1. The third-order valence-corrected chi connectivity index (χ3v) is 5.81. The van der Waals surface area contributed by atoms with Crippen LogP contribution in [0, 0.1) is 0 Å². The van der Waals surface area contributed by atoms with Crippen molar-refractivity contribution in [2.45, 2.75) is 17.9 Å². The average Bonchev–Trinajstić information content (AvgIpc) is 3.13. The van der Waals surface area contributed by atoms with Gasteiger partial charge in [0.25, 0.3) is 5.91 Å². The largest absolute Gasteiger partial charge is 0.455 e. The minimum atomic E-state index is -1.14. The summed E-state index contributed by atoms with van der Waals surface area (Å²) in [4.78, 5) is 12.2. The fourth-order valence-corrected chi connectivity index (χ4v) is 4.00. The molecule has 2 aromatic carbocycles. The van der Waals surface area contributed by atoms with Gasteiger partial charge in [-0.1, -0.05) is 47.5 Å². The molecule has 0 fully saturated rings. The lowest BCUT2D eigenvalue weighted by atomic mass is 10.1. The molecule has 0 bridgehead atoms. The van der Waals surface area contributed by atoms with Crippen LogP contribution in [-0.4, -0.2) is 16.7 Å². The lowest BCUT2D eigenvalue weighted by molar-refractivity contribution is 0.0925. The third kappa shape index (κ3) is 6.23. The van der Waals surface area contributed by atoms with E-state index in [2.05, 4.69) is 5.32 Å². The number of carbonyl (C=O) groups is 1. The Kier molecular flexibility index (Phi) is 7.31. The van der Waals surface area contributed by atoms with E-state index in [-0.39, 0.29) is 17.4 Å². The van der Waals surface area contributed by atoms with Crippen LogP contribution in [0.1, 0.15) is 27.4 Å². The van der Waals surface area contributed by atoms with E-state index in [1.165, 1.54) is 0 Å². The Morgan fingerprint density at radius 2 is 1.46 bits per heavy atom. The van der Waals surface area contributed by atoms with Gasteiger partial charge in [-0.25, -0.2) is 0 Å². The molecule has 0 aliphatic heterocycles. The Bertz CT molecular complexity index is 953. The molecular weight excluding hydrogens is 417 g/mol. The van der Waals surface area contributed by atoms with Crippen LogP contribution in [0.25, 0.3) is 0 Å². The van der Waals surface area contributed by atoms with Crippen LogP contribution in [0.4, 0.5) is 0 Å². The molecule has 0 aliphatic carbocycles. The van der Waals surface area contributed by atoms with Crippen molar-refractivity contribution in [2.24, 2.45) is 0 Å². The molecule has 146 valence electrons. The van der Waals surface area contributed by atoms with Gasteiger partial charge in [0, 0.05) is 33.1 Å². The number of nitrogens with one attached hydrogen (secondary N) is 1. The summed E-state index contributed by atoms with van der Waals surface area (Å²) in [6.07, 6.45) is 0.696. The van der Waals surface area contributed by atoms with Crippen molar-refractivity contribution in [3.63, 3.8) is 0 Å². The first-order chi connectivity index (χ1) is 13.5. The maximum atomic E-state index is 12.3. The number of amides is 1. The van der Waals surface area contributed by atoms with Crippen LogP contribution in [0.15, 0.2) is 65.1 Å². The van der Waals surface area contributed by atoms with Gasteiger partial charge in [0.2, 0.25) is 0 Å². The van der Waals surface area contributed by atoms with Crippen molar-refractivity contribution in [2.75, 3.05) is 6.54 Å². The van der Waals surface area contributed by atoms with Gasteiger partial charge in [0.15, 0.2) is 5.76 Å². The zero-order valence-corrected chi connectivity index (χ0v) is 17.3. The molecule has 0 spiro atoms. The molecule has 0 unspecified atom stereocenters. The van der Waals surface area contributed by atoms with Crippen LogP contribution in [0.5, 0.6) is 0 Å². The zero-order valence-electron chi connectivity index (χ0n) is 15.0. The first-order valence-electron chi connectivity index (χ1n) is 8.70. The standard InChI is InChI=1S/C21H19Cl2NO3S/c22-17-5-1-15(2-6-17)11-12-24-21(25)20-10-9-19(27-20)14-28(26)13-16-3-7-18(23)8-4-16/h1-10H,11-14H2,(H,24,25)/t28-/m0/s1. The van der Waals surface area contributed by atoms with Crippen molar-refractivity contribution >= 4 is 39.9 Å². The van der Waals surface area contributed by atoms with E-state index in [9.17, 15) is 9.00 Å². The smallest absolute Gasteiger partial charge is 0.287 e. The van der Waals surface area contributed by atoms with Gasteiger partial charge in [0.1, 0.15) is 5.76 Å². The Morgan fingerprint density at radius 3 is 2.11 bits per heavy atom. The van der Waals surface area contributed by atoms with Crippen LogP contribution in [0.3, 0.4) is 0 Å². The number of benzene rings is 2. The predicted octanol–water partition coefficient (Wildman–Crippen LogP) is 5.01. The highest BCUT2D eigenvalue weighted by atomic mass is 35.5. The molecular formula is C21H19Cl2NO3S. The SMILES string of the molecule is O=C(NCCc1ccc(Cl)cc1)c1ccc(C[S@@](=O)Cc2ccc(Cl)cc2)o1. The normalized spacial score (nSPS) is 11.9. The molecule has 1 heterocycles. The van der Waals surface area contributed by atoms with Crippen LogP contribution < -0.4 is 5.32 Å². The number of carbonyl (C=O) groups excluding carboxylic acids is 1. The second kappa shape index (κ2) is 9.92. The monoisotopic (exact) mass is 435 g/mol. The molecule has 28 heavy (non-hydrogen) atoms. The molecule has 3 rings (SSSR count). The second-order valence-corrected chi connectivity index (χ2v) is 8.58. The summed E-state index contributed by atoms with van der Waals surface area (Å²) < 4.78 is 17.9. The van der Waals surface area contributed by atoms with Gasteiger partial charge in [-0.05, 0) is 53.9 Å². The summed E-state index contributed by atoms with van der Waals surface area (Å²) in [5.41, 5.74) is 2.02. The summed E-state index contributed by atoms with van der Waals surface area (Å²) in [7, 11) is -1.14. The summed E-state index contributed by atoms with van der Waals surface area (Å²) in [6.45, 7) is 0.485. The van der Waals surface area contributed by atoms with Crippen LogP contribution >= 0.6 is 23.2 Å². The second-order valence-electron chi connectivity index (χ2n) is 6.25. The van der Waals surface area contributed by atoms with E-state index < -0.39 is 10.8 Å². The van der Waals surface area contributed by atoms with E-state index >= 15 is 0 Å². The maximum absolute atomic E-state index is 12.3. The lowest BCUT2D eigenvalue weighted by Gasteiger charge is -2.04. The molecule has 1 aromatic heterocycles. The van der Waals surface area contributed by atoms with E-state index in [0.717, 1.165) is 11.1 Å². The molecule has 1 atom stereocenters. The molecule has 0 saturated heterocycles. The average molecular weight is 436 g/mol. The van der Waals surface area contributed by atoms with E-state index in [4.69, 9.17) is 27.6 Å². The van der Waals surface area contributed by atoms with Gasteiger partial charge >= 0.3 is 0 Å². The Hall–Kier alpha value is -2.08. The fraction of sp³-hybridized carbons (Fsp3) is 0.190. The highest BCUT2D eigenvalue weighted by Gasteiger charge is 2.13. The van der Waals surface area contributed by atoms with Gasteiger partial charge < -0.3 is 9.73 Å². The van der Waals surface area contributed by atoms with Crippen LogP contribution in [-0.2, 0) is 28.7 Å². The molecule has 0 radical (unpaired) electrons. The zero-order chi connectivity index (χ0) is 19.9. The predicted molar refractivity (Wildman–Crippen MR) is 113 cm³/mol. The van der Waals surface area contributed by atoms with Crippen molar-refractivity contribution in [3.05, 3.63) is 93.4 Å². The van der Waals surface area contributed by atoms with E-state index in [0.29, 0.717) is 34.5 Å². The Morgan fingerprint density at radius 1 is 0.857 bits per heavy atom. The maximum Gasteiger partial charge on any atom is 0.287 e. The quantitative estimate of drug-likeness (QED) is 0.540. The van der Waals surface area contributed by atoms with E-state index in [1.807, 2.05) is 36.4 Å². The first kappa shape index (κ1) is 20.6. The highest BCUT2D eigenvalue weighted by molar-refractivity contribution is 7.83. The van der Waals surface area contributed by atoms with Crippen molar-refractivity contribution < 1.29 is 13.4 Å². The molecule has 3 aromatic rings. The van der Waals surface area contributed by atoms with Crippen molar-refractivity contribution in [3.8, 4) is 0 Å². The Labute approximate surface area is 176 Å². The molecule has 4 nitrogen and oxygen atoms in total. The minimum absolute atomic E-state index is 0.217. The summed E-state index contributed by atoms with van der Waals surface area (Å²) in [5, 5.41) is 4.15. The van der Waals surface area contributed by atoms with Gasteiger partial charge in [-0.3, -0.25) is 9.00 Å². The summed E-state index contributed by atoms with van der Waals surface area (Å²) in [5.74, 6) is 1.11. The van der Waals surface area contributed by atoms with Crippen molar-refractivity contribution in [1.29, 1.82) is 0 Å². The summed E-state index contributed by atoms with van der Waals surface area (Å²) in [6, 6.07) is 18.0. The van der Waals surface area contributed by atoms with Gasteiger partial charge in [-0.15, -0.1) is 0 Å². The minimum Gasteiger partial charge on any atom is -0.455 e. The number of rotatable bonds is 8. The number of halogens is 2. The third-order valence-electron chi connectivity index (χ3n) is 4.04. The Balaban J connectivity index is 1.47. The fourth-order valence-electron chi connectivity index (χ4n) is 2.61.